The Bertz CT molecular complexity index is 654. The van der Waals surface area contributed by atoms with Crippen LogP contribution in [0, 0.1) is 6.92 Å². The third kappa shape index (κ3) is 7.80. The van der Waals surface area contributed by atoms with E-state index in [0.29, 0.717) is 24.6 Å². The number of hydrogen-bond acceptors (Lipinski definition) is 5. The Morgan fingerprint density at radius 2 is 1.59 bits per heavy atom. The van der Waals surface area contributed by atoms with Crippen LogP contribution >= 0.6 is 0 Å². The van der Waals surface area contributed by atoms with Gasteiger partial charge in [-0.1, -0.05) is 39.2 Å². The van der Waals surface area contributed by atoms with E-state index in [1.807, 2.05) is 0 Å². The minimum atomic E-state index is -2.80. The average Bonchev–Trinajstić information content (AvgIpc) is 2.65. The molecule has 0 amide bonds. The van der Waals surface area contributed by atoms with Gasteiger partial charge in [-0.15, -0.1) is 0 Å². The van der Waals surface area contributed by atoms with Gasteiger partial charge in [0, 0.05) is 51.5 Å². The van der Waals surface area contributed by atoms with Gasteiger partial charge < -0.3 is 10.2 Å². The lowest BCUT2D eigenvalue weighted by Gasteiger charge is -2.31. The van der Waals surface area contributed by atoms with Crippen molar-refractivity contribution in [3.8, 4) is 0 Å². The largest absolute Gasteiger partial charge is 0.369 e. The number of sulfone groups is 1. The summed E-state index contributed by atoms with van der Waals surface area (Å²) in [5, 5.41) is 3.38. The van der Waals surface area contributed by atoms with E-state index in [9.17, 15) is 8.42 Å². The van der Waals surface area contributed by atoms with Crippen LogP contribution < -0.4 is 10.2 Å². The van der Waals surface area contributed by atoms with Gasteiger partial charge in [-0.2, -0.15) is 0 Å². The molecule has 6 heteroatoms. The summed E-state index contributed by atoms with van der Waals surface area (Å²) in [7, 11) is -2.80. The van der Waals surface area contributed by atoms with Gasteiger partial charge in [0.1, 0.15) is 0 Å². The zero-order valence-corrected chi connectivity index (χ0v) is 18.2. The molecule has 0 atom stereocenters. The van der Waals surface area contributed by atoms with E-state index < -0.39 is 9.84 Å². The van der Waals surface area contributed by atoms with Crippen LogP contribution in [0.5, 0.6) is 0 Å². The van der Waals surface area contributed by atoms with E-state index in [4.69, 9.17) is 0 Å². The number of anilines is 1. The second-order valence-electron chi connectivity index (χ2n) is 7.70. The summed E-state index contributed by atoms with van der Waals surface area (Å²) < 4.78 is 23.0. The number of rotatable bonds is 5. The lowest BCUT2D eigenvalue weighted by atomic mass is 10.1. The number of nitrogens with zero attached hydrogens (tertiary/aromatic N) is 2. The normalized spacial score (nSPS) is 20.0. The van der Waals surface area contributed by atoms with Gasteiger partial charge in [0.2, 0.25) is 0 Å². The van der Waals surface area contributed by atoms with Crippen molar-refractivity contribution in [3.63, 3.8) is 0 Å². The van der Waals surface area contributed by atoms with Crippen LogP contribution in [-0.2, 0) is 16.4 Å². The molecule has 0 unspecified atom stereocenters. The highest BCUT2D eigenvalue weighted by molar-refractivity contribution is 7.91. The van der Waals surface area contributed by atoms with E-state index in [1.165, 1.54) is 36.1 Å². The van der Waals surface area contributed by atoms with Gasteiger partial charge in [-0.25, -0.2) is 8.42 Å². The molecule has 2 aliphatic rings. The van der Waals surface area contributed by atoms with Crippen LogP contribution in [0.15, 0.2) is 18.2 Å². The first-order valence-electron chi connectivity index (χ1n) is 10.4. The Morgan fingerprint density at radius 1 is 0.963 bits per heavy atom. The van der Waals surface area contributed by atoms with Gasteiger partial charge in [0.15, 0.2) is 9.84 Å². The van der Waals surface area contributed by atoms with Crippen LogP contribution in [0.4, 0.5) is 5.69 Å². The fraction of sp³-hybridized carbons (Fsp3) is 0.714. The molecule has 27 heavy (non-hydrogen) atoms. The van der Waals surface area contributed by atoms with Crippen LogP contribution in [0.25, 0.3) is 0 Å². The zero-order chi connectivity index (χ0) is 19.7. The predicted molar refractivity (Wildman–Crippen MR) is 115 cm³/mol. The monoisotopic (exact) mass is 395 g/mol. The number of benzene rings is 1. The molecule has 0 spiro atoms. The van der Waals surface area contributed by atoms with Gasteiger partial charge in [-0.05, 0) is 30.2 Å². The molecule has 2 aliphatic heterocycles. The molecule has 0 radical (unpaired) electrons. The van der Waals surface area contributed by atoms with E-state index >= 15 is 0 Å². The number of piperazine rings is 1. The maximum atomic E-state index is 11.5. The molecule has 1 N–H and O–H groups in total. The number of nitrogens with one attached hydrogen (secondary N) is 1. The summed E-state index contributed by atoms with van der Waals surface area (Å²) in [6.07, 6.45) is 4.08. The maximum absolute atomic E-state index is 11.5. The molecule has 2 heterocycles. The zero-order valence-electron chi connectivity index (χ0n) is 17.3. The molecule has 2 saturated heterocycles. The molecule has 1 aromatic rings. The summed E-state index contributed by atoms with van der Waals surface area (Å²) in [4.78, 5) is 4.67. The third-order valence-electron chi connectivity index (χ3n) is 5.15. The number of aryl methyl sites for hydroxylation is 1. The van der Waals surface area contributed by atoms with E-state index in [1.54, 1.807) is 0 Å². The predicted octanol–water partition coefficient (Wildman–Crippen LogP) is 2.83. The van der Waals surface area contributed by atoms with Crippen LogP contribution in [-0.4, -0.2) is 64.1 Å². The lowest BCUT2D eigenvalue weighted by molar-refractivity contribution is 0.287. The first-order valence-corrected chi connectivity index (χ1v) is 12.2. The minimum Gasteiger partial charge on any atom is -0.369 e. The minimum absolute atomic E-state index is 0.295. The van der Waals surface area contributed by atoms with Gasteiger partial charge in [0.25, 0.3) is 0 Å². The fourth-order valence-electron chi connectivity index (χ4n) is 3.56. The van der Waals surface area contributed by atoms with Crippen molar-refractivity contribution in [1.82, 2.24) is 10.2 Å². The highest BCUT2D eigenvalue weighted by Crippen LogP contribution is 2.21. The van der Waals surface area contributed by atoms with Crippen molar-refractivity contribution in [3.05, 3.63) is 29.3 Å². The molecular formula is C21H37N3O2S. The molecule has 0 aromatic heterocycles. The second kappa shape index (κ2) is 11.0. The van der Waals surface area contributed by atoms with Crippen molar-refractivity contribution < 1.29 is 8.42 Å². The average molecular weight is 396 g/mol. The van der Waals surface area contributed by atoms with Crippen molar-refractivity contribution in [2.45, 2.75) is 46.6 Å². The number of unbranched alkanes of at least 4 members (excludes halogenated alkanes) is 2. The summed E-state index contributed by atoms with van der Waals surface area (Å²) >= 11 is 0. The van der Waals surface area contributed by atoms with Crippen molar-refractivity contribution in [2.75, 3.05) is 55.7 Å². The molecule has 1 aromatic carbocycles. The Balaban J connectivity index is 0.000000465. The van der Waals surface area contributed by atoms with E-state index in [0.717, 1.165) is 32.7 Å². The van der Waals surface area contributed by atoms with Gasteiger partial charge in [-0.3, -0.25) is 4.90 Å². The summed E-state index contributed by atoms with van der Waals surface area (Å²) in [6, 6.07) is 6.73. The molecule has 5 nitrogen and oxygen atoms in total. The molecule has 2 fully saturated rings. The number of hydrogen-bond donors (Lipinski definition) is 1. The standard InChI is InChI=1S/C16H25N3O2S.C5H12/c1-14-10-15(13-18-6-8-22(20,21)9-7-18)12-16(11-14)19-4-2-17-3-5-19;1-3-5-4-2/h10-12,17H,2-9,13H2,1H3;3-5H2,1-2H3. The van der Waals surface area contributed by atoms with E-state index in [2.05, 4.69) is 54.1 Å². The van der Waals surface area contributed by atoms with Crippen LogP contribution in [0.1, 0.15) is 44.2 Å². The maximum Gasteiger partial charge on any atom is 0.152 e. The lowest BCUT2D eigenvalue weighted by Crippen LogP contribution is -2.43. The van der Waals surface area contributed by atoms with E-state index in [-0.39, 0.29) is 0 Å². The second-order valence-corrected chi connectivity index (χ2v) is 10.00. The first kappa shape index (κ1) is 22.2. The van der Waals surface area contributed by atoms with Crippen molar-refractivity contribution in [1.29, 1.82) is 0 Å². The SMILES string of the molecule is CCCCC.Cc1cc(CN2CCS(=O)(=O)CC2)cc(N2CCNCC2)c1. The van der Waals surface area contributed by atoms with Crippen LogP contribution in [0.2, 0.25) is 0 Å². The third-order valence-corrected chi connectivity index (χ3v) is 6.76. The highest BCUT2D eigenvalue weighted by atomic mass is 32.2. The summed E-state index contributed by atoms with van der Waals surface area (Å²) in [5.41, 5.74) is 3.85. The Kier molecular flexibility index (Phi) is 9.06. The van der Waals surface area contributed by atoms with Crippen molar-refractivity contribution in [2.24, 2.45) is 0 Å². The molecule has 0 aliphatic carbocycles. The Hall–Kier alpha value is -1.11. The fourth-order valence-corrected chi connectivity index (χ4v) is 4.83. The molecule has 0 saturated carbocycles. The van der Waals surface area contributed by atoms with Crippen molar-refractivity contribution >= 4 is 15.5 Å². The molecule has 0 bridgehead atoms. The first-order chi connectivity index (χ1) is 12.9. The summed E-state index contributed by atoms with van der Waals surface area (Å²) in [6.45, 7) is 12.9. The Morgan fingerprint density at radius 3 is 2.15 bits per heavy atom. The molecule has 3 rings (SSSR count). The highest BCUT2D eigenvalue weighted by Gasteiger charge is 2.21. The molecular weight excluding hydrogens is 358 g/mol. The van der Waals surface area contributed by atoms with Gasteiger partial charge >= 0.3 is 0 Å². The quantitative estimate of drug-likeness (QED) is 0.831. The van der Waals surface area contributed by atoms with Gasteiger partial charge in [0.05, 0.1) is 11.5 Å². The smallest absolute Gasteiger partial charge is 0.152 e. The Labute approximate surface area is 166 Å². The van der Waals surface area contributed by atoms with Crippen LogP contribution in [0.3, 0.4) is 0 Å². The topological polar surface area (TPSA) is 52.7 Å². The summed E-state index contributed by atoms with van der Waals surface area (Å²) in [5.74, 6) is 0.590. The molecule has 154 valence electrons.